The zero-order valence-corrected chi connectivity index (χ0v) is 14.3. The van der Waals surface area contributed by atoms with Gasteiger partial charge in [0.2, 0.25) is 5.91 Å². The summed E-state index contributed by atoms with van der Waals surface area (Å²) in [4.78, 5) is 24.8. The molecule has 1 saturated heterocycles. The molecule has 0 radical (unpaired) electrons. The van der Waals surface area contributed by atoms with Crippen molar-refractivity contribution in [2.75, 3.05) is 18.8 Å². The lowest BCUT2D eigenvalue weighted by Gasteiger charge is -2.30. The minimum atomic E-state index is -0.819. The molecule has 4 nitrogen and oxygen atoms in total. The van der Waals surface area contributed by atoms with Crippen molar-refractivity contribution >= 4 is 46.8 Å². The van der Waals surface area contributed by atoms with E-state index in [0.29, 0.717) is 41.1 Å². The Morgan fingerprint density at radius 3 is 2.77 bits per heavy atom. The van der Waals surface area contributed by atoms with Crippen LogP contribution in [0.1, 0.15) is 18.4 Å². The van der Waals surface area contributed by atoms with E-state index in [2.05, 4.69) is 0 Å². The van der Waals surface area contributed by atoms with Gasteiger partial charge in [0.25, 0.3) is 0 Å². The van der Waals surface area contributed by atoms with Crippen molar-refractivity contribution in [2.24, 2.45) is 5.92 Å². The van der Waals surface area contributed by atoms with Gasteiger partial charge in [-0.05, 0) is 30.5 Å². The Bertz CT molecular complexity index is 568. The van der Waals surface area contributed by atoms with Gasteiger partial charge >= 0.3 is 5.97 Å². The molecule has 1 amide bonds. The van der Waals surface area contributed by atoms with E-state index in [1.54, 1.807) is 17.0 Å². The summed E-state index contributed by atoms with van der Waals surface area (Å²) in [5.74, 6) is -0.249. The second-order valence-electron chi connectivity index (χ2n) is 5.26. The number of rotatable bonds is 5. The molecule has 0 aromatic heterocycles. The molecular formula is C15H17Cl2NO3S. The number of likely N-dealkylation sites (tertiary alicyclic amines) is 1. The molecule has 1 aromatic rings. The van der Waals surface area contributed by atoms with Crippen LogP contribution in [-0.4, -0.2) is 40.7 Å². The fourth-order valence-electron chi connectivity index (χ4n) is 2.38. The van der Waals surface area contributed by atoms with E-state index >= 15 is 0 Å². The van der Waals surface area contributed by atoms with Gasteiger partial charge in [-0.3, -0.25) is 9.59 Å². The van der Waals surface area contributed by atoms with Crippen LogP contribution < -0.4 is 0 Å². The number of carbonyl (C=O) groups excluding carboxylic acids is 1. The standard InChI is InChI=1S/C15H17Cl2NO3S/c16-12-4-3-10(6-13(12)17)8-22-9-14(19)18-5-1-2-11(7-18)15(20)21/h3-4,6,11H,1-2,5,7-9H2,(H,20,21)/t11-/m0/s1. The molecule has 0 unspecified atom stereocenters. The Hall–Kier alpha value is -0.910. The van der Waals surface area contributed by atoms with Crippen LogP contribution in [0.15, 0.2) is 18.2 Å². The first-order valence-corrected chi connectivity index (χ1v) is 8.90. The molecule has 0 bridgehead atoms. The highest BCUT2D eigenvalue weighted by Gasteiger charge is 2.27. The fourth-order valence-corrected chi connectivity index (χ4v) is 3.58. The van der Waals surface area contributed by atoms with Gasteiger partial charge in [0.1, 0.15) is 0 Å². The van der Waals surface area contributed by atoms with E-state index in [1.807, 2.05) is 6.07 Å². The highest BCUT2D eigenvalue weighted by molar-refractivity contribution is 7.99. The predicted octanol–water partition coefficient (Wildman–Crippen LogP) is 3.55. The van der Waals surface area contributed by atoms with Crippen molar-refractivity contribution < 1.29 is 14.7 Å². The summed E-state index contributed by atoms with van der Waals surface area (Å²) < 4.78 is 0. The third-order valence-corrected chi connectivity index (χ3v) is 5.33. The number of hydrogen-bond acceptors (Lipinski definition) is 3. The molecule has 1 N–H and O–H groups in total. The van der Waals surface area contributed by atoms with Crippen LogP contribution in [0.25, 0.3) is 0 Å². The molecular weight excluding hydrogens is 345 g/mol. The number of piperidine rings is 1. The van der Waals surface area contributed by atoms with Crippen molar-refractivity contribution in [1.29, 1.82) is 0 Å². The van der Waals surface area contributed by atoms with Gasteiger partial charge in [0.15, 0.2) is 0 Å². The second-order valence-corrected chi connectivity index (χ2v) is 7.06. The average Bonchev–Trinajstić information content (AvgIpc) is 2.51. The number of carboxylic acids is 1. The summed E-state index contributed by atoms with van der Waals surface area (Å²) in [7, 11) is 0. The van der Waals surface area contributed by atoms with E-state index in [4.69, 9.17) is 28.3 Å². The Morgan fingerprint density at radius 2 is 2.09 bits per heavy atom. The van der Waals surface area contributed by atoms with E-state index < -0.39 is 11.9 Å². The average molecular weight is 362 g/mol. The summed E-state index contributed by atoms with van der Waals surface area (Å²) >= 11 is 13.3. The summed E-state index contributed by atoms with van der Waals surface area (Å²) in [5, 5.41) is 10.1. The van der Waals surface area contributed by atoms with Crippen molar-refractivity contribution in [3.63, 3.8) is 0 Å². The topological polar surface area (TPSA) is 57.6 Å². The third-order valence-electron chi connectivity index (χ3n) is 3.60. The number of thioether (sulfide) groups is 1. The zero-order chi connectivity index (χ0) is 16.1. The monoisotopic (exact) mass is 361 g/mol. The molecule has 0 aliphatic carbocycles. The summed E-state index contributed by atoms with van der Waals surface area (Å²) in [6, 6.07) is 5.42. The highest BCUT2D eigenvalue weighted by Crippen LogP contribution is 2.25. The molecule has 7 heteroatoms. The highest BCUT2D eigenvalue weighted by atomic mass is 35.5. The number of hydrogen-bond donors (Lipinski definition) is 1. The van der Waals surface area contributed by atoms with Gasteiger partial charge in [-0.2, -0.15) is 0 Å². The van der Waals surface area contributed by atoms with Gasteiger partial charge < -0.3 is 10.0 Å². The van der Waals surface area contributed by atoms with Crippen LogP contribution in [0.3, 0.4) is 0 Å². The fraction of sp³-hybridized carbons (Fsp3) is 0.467. The Labute approximate surface area is 143 Å². The van der Waals surface area contributed by atoms with E-state index in [-0.39, 0.29) is 5.91 Å². The Morgan fingerprint density at radius 1 is 1.32 bits per heavy atom. The zero-order valence-electron chi connectivity index (χ0n) is 11.9. The predicted molar refractivity (Wildman–Crippen MR) is 89.6 cm³/mol. The largest absolute Gasteiger partial charge is 0.481 e. The first kappa shape index (κ1) is 17.4. The molecule has 0 saturated carbocycles. The number of benzene rings is 1. The van der Waals surface area contributed by atoms with E-state index in [1.165, 1.54) is 11.8 Å². The molecule has 1 atom stereocenters. The van der Waals surface area contributed by atoms with Gasteiger partial charge in [-0.1, -0.05) is 29.3 Å². The molecule has 22 heavy (non-hydrogen) atoms. The number of carbonyl (C=O) groups is 2. The lowest BCUT2D eigenvalue weighted by Crippen LogP contribution is -2.43. The quantitative estimate of drug-likeness (QED) is 0.870. The lowest BCUT2D eigenvalue weighted by molar-refractivity contribution is -0.145. The third kappa shape index (κ3) is 4.80. The molecule has 1 aliphatic heterocycles. The SMILES string of the molecule is O=C(O)[C@H]1CCCN(C(=O)CSCc2ccc(Cl)c(Cl)c2)C1. The Kier molecular flexibility index (Phi) is 6.41. The van der Waals surface area contributed by atoms with Crippen molar-refractivity contribution in [1.82, 2.24) is 4.90 Å². The van der Waals surface area contributed by atoms with E-state index in [9.17, 15) is 9.59 Å². The van der Waals surface area contributed by atoms with Gasteiger partial charge in [-0.15, -0.1) is 11.8 Å². The summed E-state index contributed by atoms with van der Waals surface area (Å²) in [5.41, 5.74) is 1.01. The first-order chi connectivity index (χ1) is 10.5. The van der Waals surface area contributed by atoms with Crippen LogP contribution >= 0.6 is 35.0 Å². The van der Waals surface area contributed by atoms with Crippen LogP contribution in [0.5, 0.6) is 0 Å². The molecule has 1 heterocycles. The van der Waals surface area contributed by atoms with Gasteiger partial charge in [0.05, 0.1) is 21.7 Å². The number of amides is 1. The number of nitrogens with zero attached hydrogens (tertiary/aromatic N) is 1. The van der Waals surface area contributed by atoms with Gasteiger partial charge in [-0.25, -0.2) is 0 Å². The molecule has 1 fully saturated rings. The molecule has 120 valence electrons. The number of aliphatic carboxylic acids is 1. The van der Waals surface area contributed by atoms with E-state index in [0.717, 1.165) is 12.0 Å². The molecule has 2 rings (SSSR count). The maximum Gasteiger partial charge on any atom is 0.308 e. The number of carboxylic acid groups (broad SMARTS) is 1. The number of halogens is 2. The Balaban J connectivity index is 1.79. The van der Waals surface area contributed by atoms with Gasteiger partial charge in [0, 0.05) is 18.8 Å². The minimum Gasteiger partial charge on any atom is -0.481 e. The maximum absolute atomic E-state index is 12.1. The van der Waals surface area contributed by atoms with Crippen LogP contribution in [0, 0.1) is 5.92 Å². The maximum atomic E-state index is 12.1. The summed E-state index contributed by atoms with van der Waals surface area (Å²) in [6.07, 6.45) is 1.40. The molecule has 1 aromatic carbocycles. The molecule has 0 spiro atoms. The smallest absolute Gasteiger partial charge is 0.308 e. The summed E-state index contributed by atoms with van der Waals surface area (Å²) in [6.45, 7) is 0.970. The lowest BCUT2D eigenvalue weighted by atomic mass is 9.98. The first-order valence-electron chi connectivity index (χ1n) is 6.99. The molecule has 1 aliphatic rings. The van der Waals surface area contributed by atoms with Crippen LogP contribution in [0.4, 0.5) is 0 Å². The minimum absolute atomic E-state index is 0.00369. The normalized spacial score (nSPS) is 18.3. The van der Waals surface area contributed by atoms with Crippen LogP contribution in [-0.2, 0) is 15.3 Å². The van der Waals surface area contributed by atoms with Crippen molar-refractivity contribution in [2.45, 2.75) is 18.6 Å². The van der Waals surface area contributed by atoms with Crippen LogP contribution in [0.2, 0.25) is 10.0 Å². The van der Waals surface area contributed by atoms with Crippen molar-refractivity contribution in [3.05, 3.63) is 33.8 Å². The second kappa shape index (κ2) is 8.09. The van der Waals surface area contributed by atoms with Crippen molar-refractivity contribution in [3.8, 4) is 0 Å².